The van der Waals surface area contributed by atoms with Crippen LogP contribution in [-0.2, 0) is 17.8 Å². The van der Waals surface area contributed by atoms with E-state index in [9.17, 15) is 4.79 Å². The largest absolute Gasteiger partial charge is 0.488 e. The van der Waals surface area contributed by atoms with Crippen molar-refractivity contribution in [2.24, 2.45) is 4.99 Å². The van der Waals surface area contributed by atoms with Gasteiger partial charge in [-0.1, -0.05) is 37.3 Å². The molecule has 0 unspecified atom stereocenters. The van der Waals surface area contributed by atoms with Crippen molar-refractivity contribution < 1.29 is 9.53 Å². The van der Waals surface area contributed by atoms with Crippen LogP contribution in [0.15, 0.2) is 81.1 Å². The maximum atomic E-state index is 12.4. The second kappa shape index (κ2) is 10.7. The molecule has 7 heteroatoms. The number of hydrogen-bond donors (Lipinski definition) is 1. The van der Waals surface area contributed by atoms with Crippen LogP contribution in [-0.4, -0.2) is 11.1 Å². The van der Waals surface area contributed by atoms with Gasteiger partial charge in [0, 0.05) is 3.57 Å². The van der Waals surface area contributed by atoms with E-state index in [1.165, 1.54) is 20.9 Å². The number of hydrogen-bond acceptors (Lipinski definition) is 4. The molecule has 4 rings (SSSR count). The number of carbonyl (C=O) groups excluding carboxylic acids is 1. The van der Waals surface area contributed by atoms with Crippen LogP contribution in [0.5, 0.6) is 5.75 Å². The highest BCUT2D eigenvalue weighted by Gasteiger charge is 2.23. The number of halogens is 2. The van der Waals surface area contributed by atoms with Crippen LogP contribution >= 0.6 is 50.3 Å². The van der Waals surface area contributed by atoms with Crippen molar-refractivity contribution in [3.8, 4) is 5.75 Å². The minimum Gasteiger partial charge on any atom is -0.488 e. The van der Waals surface area contributed by atoms with E-state index in [0.717, 1.165) is 33.5 Å². The molecule has 0 aromatic heterocycles. The number of amidine groups is 1. The summed E-state index contributed by atoms with van der Waals surface area (Å²) in [6, 6.07) is 22.1. The molecule has 0 atom stereocenters. The van der Waals surface area contributed by atoms with E-state index in [2.05, 4.69) is 92.2 Å². The molecule has 0 bridgehead atoms. The Morgan fingerprint density at radius 1 is 1.06 bits per heavy atom. The number of carbonyl (C=O) groups is 1. The van der Waals surface area contributed by atoms with Crippen molar-refractivity contribution >= 4 is 73.1 Å². The van der Waals surface area contributed by atoms with Crippen molar-refractivity contribution in [3.05, 3.63) is 96.4 Å². The fourth-order valence-corrected chi connectivity index (χ4v) is 4.73. The van der Waals surface area contributed by atoms with Gasteiger partial charge in [0.25, 0.3) is 5.91 Å². The van der Waals surface area contributed by atoms with E-state index in [4.69, 9.17) is 4.74 Å². The van der Waals surface area contributed by atoms with Gasteiger partial charge in [0.15, 0.2) is 5.17 Å². The standard InChI is InChI=1S/C25H20BrIN2O2S/c1-2-16-5-10-20(11-6-16)28-25-29-24(30)23(32-25)14-18-7-12-22(21(26)13-18)31-15-17-3-8-19(27)9-4-17/h3-14H,2,15H2,1H3,(H,28,29,30)/b23-14-. The van der Waals surface area contributed by atoms with Crippen molar-refractivity contribution in [1.29, 1.82) is 0 Å². The number of thioether (sulfide) groups is 1. The van der Waals surface area contributed by atoms with Crippen LogP contribution in [0.3, 0.4) is 0 Å². The Labute approximate surface area is 213 Å². The highest BCUT2D eigenvalue weighted by atomic mass is 127. The lowest BCUT2D eigenvalue weighted by Crippen LogP contribution is -2.19. The Morgan fingerprint density at radius 3 is 2.47 bits per heavy atom. The number of benzene rings is 3. The summed E-state index contributed by atoms with van der Waals surface area (Å²) in [5.41, 5.74) is 4.10. The van der Waals surface area contributed by atoms with E-state index in [-0.39, 0.29) is 5.91 Å². The molecule has 0 radical (unpaired) electrons. The first kappa shape index (κ1) is 23.1. The number of aryl methyl sites for hydroxylation is 1. The molecule has 1 fully saturated rings. The molecule has 1 N–H and O–H groups in total. The Bertz CT molecular complexity index is 1190. The van der Waals surface area contributed by atoms with E-state index < -0.39 is 0 Å². The number of nitrogens with one attached hydrogen (secondary N) is 1. The first-order valence-corrected chi connectivity index (χ1v) is 12.7. The predicted octanol–water partition coefficient (Wildman–Crippen LogP) is 7.09. The van der Waals surface area contributed by atoms with Gasteiger partial charge in [-0.3, -0.25) is 4.79 Å². The lowest BCUT2D eigenvalue weighted by Gasteiger charge is -2.09. The molecule has 1 saturated heterocycles. The molecule has 0 saturated carbocycles. The molecule has 1 aliphatic rings. The average molecular weight is 619 g/mol. The summed E-state index contributed by atoms with van der Waals surface area (Å²) in [4.78, 5) is 17.5. The van der Waals surface area contributed by atoms with E-state index >= 15 is 0 Å². The summed E-state index contributed by atoms with van der Waals surface area (Å²) in [6.45, 7) is 2.61. The third-order valence-electron chi connectivity index (χ3n) is 4.79. The molecule has 4 nitrogen and oxygen atoms in total. The lowest BCUT2D eigenvalue weighted by atomic mass is 10.2. The van der Waals surface area contributed by atoms with Crippen LogP contribution in [0.2, 0.25) is 0 Å². The number of nitrogens with zero attached hydrogens (tertiary/aromatic N) is 1. The Hall–Kier alpha value is -2.10. The van der Waals surface area contributed by atoms with Crippen LogP contribution in [0, 0.1) is 3.57 Å². The van der Waals surface area contributed by atoms with Gasteiger partial charge < -0.3 is 10.1 Å². The minimum atomic E-state index is -0.144. The summed E-state index contributed by atoms with van der Waals surface area (Å²) in [5.74, 6) is 0.612. The molecule has 1 heterocycles. The molecule has 32 heavy (non-hydrogen) atoms. The summed E-state index contributed by atoms with van der Waals surface area (Å²) in [5, 5.41) is 3.42. The number of aliphatic imine (C=N–C) groups is 1. The zero-order valence-electron chi connectivity index (χ0n) is 17.3. The molecule has 1 amide bonds. The molecule has 3 aromatic rings. The lowest BCUT2D eigenvalue weighted by molar-refractivity contribution is -0.115. The first-order chi connectivity index (χ1) is 15.5. The summed E-state index contributed by atoms with van der Waals surface area (Å²) >= 11 is 7.20. The Kier molecular flexibility index (Phi) is 7.70. The predicted molar refractivity (Wildman–Crippen MR) is 144 cm³/mol. The molecular weight excluding hydrogens is 599 g/mol. The van der Waals surface area contributed by atoms with Crippen LogP contribution in [0.1, 0.15) is 23.6 Å². The smallest absolute Gasteiger partial charge is 0.264 e. The summed E-state index contributed by atoms with van der Waals surface area (Å²) in [6.07, 6.45) is 2.84. The topological polar surface area (TPSA) is 50.7 Å². The average Bonchev–Trinajstić information content (AvgIpc) is 3.13. The van der Waals surface area contributed by atoms with Crippen molar-refractivity contribution in [2.75, 3.05) is 0 Å². The van der Waals surface area contributed by atoms with Gasteiger partial charge in [0.05, 0.1) is 15.1 Å². The third-order valence-corrected chi connectivity index (χ3v) is 7.04. The molecule has 0 spiro atoms. The monoisotopic (exact) mass is 618 g/mol. The fourth-order valence-electron chi connectivity index (χ4n) is 3.02. The quantitative estimate of drug-likeness (QED) is 0.237. The van der Waals surface area contributed by atoms with E-state index in [0.29, 0.717) is 16.7 Å². The highest BCUT2D eigenvalue weighted by Crippen LogP contribution is 2.31. The van der Waals surface area contributed by atoms with Crippen LogP contribution in [0.25, 0.3) is 6.08 Å². The summed E-state index contributed by atoms with van der Waals surface area (Å²) in [7, 11) is 0. The van der Waals surface area contributed by atoms with Gasteiger partial charge in [-0.05, 0) is 116 Å². The molecule has 3 aromatic carbocycles. The van der Waals surface area contributed by atoms with Crippen LogP contribution in [0.4, 0.5) is 5.69 Å². The van der Waals surface area contributed by atoms with Gasteiger partial charge in [0.1, 0.15) is 12.4 Å². The minimum absolute atomic E-state index is 0.144. The number of rotatable bonds is 6. The van der Waals surface area contributed by atoms with Crippen molar-refractivity contribution in [3.63, 3.8) is 0 Å². The molecule has 1 aliphatic heterocycles. The second-order valence-electron chi connectivity index (χ2n) is 7.11. The highest BCUT2D eigenvalue weighted by molar-refractivity contribution is 14.1. The summed E-state index contributed by atoms with van der Waals surface area (Å²) < 4.78 is 7.97. The van der Waals surface area contributed by atoms with Gasteiger partial charge >= 0.3 is 0 Å². The zero-order valence-corrected chi connectivity index (χ0v) is 21.8. The second-order valence-corrected chi connectivity index (χ2v) is 10.2. The molecule has 162 valence electrons. The normalized spacial score (nSPS) is 15.9. The maximum absolute atomic E-state index is 12.4. The maximum Gasteiger partial charge on any atom is 0.264 e. The van der Waals surface area contributed by atoms with E-state index in [1.54, 1.807) is 0 Å². The zero-order chi connectivity index (χ0) is 22.5. The van der Waals surface area contributed by atoms with E-state index in [1.807, 2.05) is 36.4 Å². The Balaban J connectivity index is 1.43. The fraction of sp³-hybridized carbons (Fsp3) is 0.120. The van der Waals surface area contributed by atoms with Gasteiger partial charge in [0.2, 0.25) is 0 Å². The van der Waals surface area contributed by atoms with Crippen molar-refractivity contribution in [2.45, 2.75) is 20.0 Å². The first-order valence-electron chi connectivity index (χ1n) is 10.1. The molecular formula is C25H20BrIN2O2S. The molecule has 0 aliphatic carbocycles. The van der Waals surface area contributed by atoms with Crippen molar-refractivity contribution in [1.82, 2.24) is 5.32 Å². The number of amides is 1. The SMILES string of the molecule is CCc1ccc(N=C2NC(=O)/C(=C/c3ccc(OCc4ccc(I)cc4)c(Br)c3)S2)cc1. The number of ether oxygens (including phenoxy) is 1. The van der Waals surface area contributed by atoms with Crippen LogP contribution < -0.4 is 10.1 Å². The Morgan fingerprint density at radius 2 is 1.78 bits per heavy atom. The third kappa shape index (κ3) is 6.02. The van der Waals surface area contributed by atoms with Gasteiger partial charge in [-0.15, -0.1) is 0 Å². The van der Waals surface area contributed by atoms with Gasteiger partial charge in [-0.25, -0.2) is 4.99 Å². The van der Waals surface area contributed by atoms with Gasteiger partial charge in [-0.2, -0.15) is 0 Å².